The van der Waals surface area contributed by atoms with E-state index in [2.05, 4.69) is 15.2 Å². The van der Waals surface area contributed by atoms with E-state index < -0.39 is 30.2 Å². The number of carboxylic acid groups (broad SMARTS) is 1. The van der Waals surface area contributed by atoms with E-state index in [9.17, 15) is 18.8 Å². The van der Waals surface area contributed by atoms with Gasteiger partial charge in [-0.25, -0.2) is 14.2 Å². The predicted molar refractivity (Wildman–Crippen MR) is 143 cm³/mol. The normalized spacial score (nSPS) is 19.6. The quantitative estimate of drug-likeness (QED) is 0.306. The number of hydrogen-bond acceptors (Lipinski definition) is 9. The third kappa shape index (κ3) is 7.12. The SMILES string of the molecule is CCOC(=O)C1=C(CN2CCO[C@H](CCC(=O)CC(=O)O)C2)NC(c2nccn2C)=N[C@H]1c1ccc(F)cc1Cl. The number of rotatable bonds is 11. The van der Waals surface area contributed by atoms with Crippen molar-refractivity contribution < 1.29 is 33.4 Å². The molecule has 1 fully saturated rings. The summed E-state index contributed by atoms with van der Waals surface area (Å²) in [6.45, 7) is 3.54. The maximum atomic E-state index is 13.9. The molecule has 13 heteroatoms. The Balaban J connectivity index is 1.66. The maximum Gasteiger partial charge on any atom is 0.338 e. The van der Waals surface area contributed by atoms with Gasteiger partial charge in [0.05, 0.1) is 24.9 Å². The molecule has 11 nitrogen and oxygen atoms in total. The molecule has 214 valence electrons. The Morgan fingerprint density at radius 1 is 1.32 bits per heavy atom. The number of esters is 1. The van der Waals surface area contributed by atoms with E-state index in [0.29, 0.717) is 49.0 Å². The first kappa shape index (κ1) is 29.4. The van der Waals surface area contributed by atoms with Crippen LogP contribution in [0.2, 0.25) is 5.02 Å². The maximum absolute atomic E-state index is 13.9. The molecule has 2 N–H and O–H groups in total. The molecule has 0 bridgehead atoms. The lowest BCUT2D eigenvalue weighted by atomic mass is 9.95. The molecule has 1 aromatic heterocycles. The van der Waals surface area contributed by atoms with E-state index in [4.69, 9.17) is 31.2 Å². The van der Waals surface area contributed by atoms with E-state index in [1.165, 1.54) is 18.2 Å². The Hall–Kier alpha value is -3.61. The Bertz CT molecular complexity index is 1340. The van der Waals surface area contributed by atoms with Crippen LogP contribution in [0.5, 0.6) is 0 Å². The summed E-state index contributed by atoms with van der Waals surface area (Å²) in [6, 6.07) is 3.05. The molecule has 1 aromatic carbocycles. The highest BCUT2D eigenvalue weighted by atomic mass is 35.5. The number of nitrogens with zero attached hydrogens (tertiary/aromatic N) is 4. The van der Waals surface area contributed by atoms with Gasteiger partial charge in [0.2, 0.25) is 0 Å². The zero-order chi connectivity index (χ0) is 28.8. The second-order valence-electron chi connectivity index (χ2n) is 9.52. The van der Waals surface area contributed by atoms with Gasteiger partial charge in [-0.2, -0.15) is 0 Å². The number of aliphatic carboxylic acids is 1. The molecule has 0 aliphatic carbocycles. The summed E-state index contributed by atoms with van der Waals surface area (Å²) in [5.41, 5.74) is 1.21. The van der Waals surface area contributed by atoms with Gasteiger partial charge in [-0.15, -0.1) is 0 Å². The first-order chi connectivity index (χ1) is 19.2. The minimum absolute atomic E-state index is 0.0981. The number of hydrogen-bond donors (Lipinski definition) is 2. The first-order valence-electron chi connectivity index (χ1n) is 12.9. The molecule has 2 atom stereocenters. The number of aryl methyl sites for hydroxylation is 1. The zero-order valence-electron chi connectivity index (χ0n) is 22.2. The van der Waals surface area contributed by atoms with Crippen LogP contribution in [0.1, 0.15) is 43.6 Å². The third-order valence-electron chi connectivity index (χ3n) is 6.61. The Kier molecular flexibility index (Phi) is 9.67. The molecule has 40 heavy (non-hydrogen) atoms. The fraction of sp³-hybridized carbons (Fsp3) is 0.444. The number of halogens is 2. The van der Waals surface area contributed by atoms with Crippen LogP contribution >= 0.6 is 11.6 Å². The summed E-state index contributed by atoms with van der Waals surface area (Å²) in [4.78, 5) is 47.3. The van der Waals surface area contributed by atoms with Crippen LogP contribution in [0.3, 0.4) is 0 Å². The van der Waals surface area contributed by atoms with Crippen molar-refractivity contribution in [2.75, 3.05) is 32.8 Å². The number of amidine groups is 1. The van der Waals surface area contributed by atoms with Gasteiger partial charge < -0.3 is 24.5 Å². The molecule has 3 heterocycles. The summed E-state index contributed by atoms with van der Waals surface area (Å²) in [5, 5.41) is 12.2. The number of ether oxygens (including phenoxy) is 2. The van der Waals surface area contributed by atoms with Gasteiger partial charge in [0.25, 0.3) is 0 Å². The Morgan fingerprint density at radius 2 is 2.12 bits per heavy atom. The fourth-order valence-electron chi connectivity index (χ4n) is 4.73. The number of carbonyl (C=O) groups excluding carboxylic acids is 2. The van der Waals surface area contributed by atoms with Crippen LogP contribution in [0.25, 0.3) is 0 Å². The van der Waals surface area contributed by atoms with Gasteiger partial charge in [0.1, 0.15) is 24.1 Å². The number of imidazole rings is 1. The minimum Gasteiger partial charge on any atom is -0.481 e. The smallest absolute Gasteiger partial charge is 0.338 e. The largest absolute Gasteiger partial charge is 0.481 e. The lowest BCUT2D eigenvalue weighted by Gasteiger charge is -2.35. The highest BCUT2D eigenvalue weighted by Gasteiger charge is 2.35. The molecular formula is C27H31ClFN5O6. The van der Waals surface area contributed by atoms with Crippen LogP contribution < -0.4 is 5.32 Å². The van der Waals surface area contributed by atoms with Crippen molar-refractivity contribution in [3.05, 3.63) is 64.1 Å². The summed E-state index contributed by atoms with van der Waals surface area (Å²) in [7, 11) is 1.81. The molecular weight excluding hydrogens is 545 g/mol. The van der Waals surface area contributed by atoms with Gasteiger partial charge >= 0.3 is 11.9 Å². The van der Waals surface area contributed by atoms with Crippen molar-refractivity contribution in [2.24, 2.45) is 12.0 Å². The average molecular weight is 576 g/mol. The van der Waals surface area contributed by atoms with Crippen LogP contribution in [-0.4, -0.2) is 82.1 Å². The van der Waals surface area contributed by atoms with Crippen LogP contribution in [-0.2, 0) is 30.9 Å². The number of aliphatic imine (C=N–C) groups is 1. The summed E-state index contributed by atoms with van der Waals surface area (Å²) in [6.07, 6.45) is 3.07. The number of morpholine rings is 1. The predicted octanol–water partition coefficient (Wildman–Crippen LogP) is 2.65. The number of benzene rings is 1. The third-order valence-corrected chi connectivity index (χ3v) is 6.94. The topological polar surface area (TPSA) is 135 Å². The van der Waals surface area contributed by atoms with Gasteiger partial charge in [-0.3, -0.25) is 19.5 Å². The van der Waals surface area contributed by atoms with E-state index in [0.717, 1.165) is 0 Å². The van der Waals surface area contributed by atoms with Gasteiger partial charge in [0.15, 0.2) is 11.7 Å². The van der Waals surface area contributed by atoms with Crippen molar-refractivity contribution >= 4 is 35.2 Å². The van der Waals surface area contributed by atoms with Crippen molar-refractivity contribution in [3.63, 3.8) is 0 Å². The lowest BCUT2D eigenvalue weighted by molar-refractivity contribution is -0.141. The number of Topliss-reactive ketones (excluding diaryl/α,β-unsaturated/α-hetero) is 1. The van der Waals surface area contributed by atoms with E-state index in [1.54, 1.807) is 23.9 Å². The van der Waals surface area contributed by atoms with Crippen LogP contribution in [0.4, 0.5) is 4.39 Å². The Labute approximate surface area is 235 Å². The molecule has 2 aliphatic heterocycles. The molecule has 0 spiro atoms. The molecule has 0 unspecified atom stereocenters. The molecule has 0 amide bonds. The monoisotopic (exact) mass is 575 g/mol. The molecule has 4 rings (SSSR count). The van der Waals surface area contributed by atoms with Crippen molar-refractivity contribution in [2.45, 2.75) is 38.3 Å². The molecule has 2 aliphatic rings. The standard InChI is InChI=1S/C27H31ClFN5O6/c1-3-39-27(38)23-21(15-34-10-11-40-18(14-34)6-5-17(35)13-22(36)37)31-25(26-30-8-9-33(26)2)32-24(23)19-7-4-16(29)12-20(19)28/h4,7-9,12,18,24H,3,5-6,10-11,13-15H2,1-2H3,(H,31,32)(H,36,37)/t18-,24+/m1/s1. The number of carboxylic acids is 1. The lowest BCUT2D eigenvalue weighted by Crippen LogP contribution is -2.46. The van der Waals surface area contributed by atoms with E-state index >= 15 is 0 Å². The molecule has 0 saturated carbocycles. The molecule has 2 aromatic rings. The first-order valence-corrected chi connectivity index (χ1v) is 13.3. The van der Waals surface area contributed by atoms with Gasteiger partial charge in [0, 0.05) is 61.8 Å². The minimum atomic E-state index is -1.15. The molecule has 0 radical (unpaired) electrons. The number of nitrogens with one attached hydrogen (secondary N) is 1. The van der Waals surface area contributed by atoms with Gasteiger partial charge in [-0.1, -0.05) is 17.7 Å². The number of ketones is 1. The fourth-order valence-corrected chi connectivity index (χ4v) is 5.00. The van der Waals surface area contributed by atoms with Crippen molar-refractivity contribution in [1.29, 1.82) is 0 Å². The van der Waals surface area contributed by atoms with Crippen molar-refractivity contribution in [1.82, 2.24) is 19.8 Å². The summed E-state index contributed by atoms with van der Waals surface area (Å²) in [5.74, 6) is -1.67. The van der Waals surface area contributed by atoms with Crippen LogP contribution in [0, 0.1) is 5.82 Å². The summed E-state index contributed by atoms with van der Waals surface area (Å²) >= 11 is 6.45. The molecule has 1 saturated heterocycles. The van der Waals surface area contributed by atoms with E-state index in [1.807, 2.05) is 7.05 Å². The number of aromatic nitrogens is 2. The Morgan fingerprint density at radius 3 is 2.80 bits per heavy atom. The highest BCUT2D eigenvalue weighted by molar-refractivity contribution is 6.31. The second kappa shape index (κ2) is 13.2. The van der Waals surface area contributed by atoms with Crippen LogP contribution in [0.15, 0.2) is 46.9 Å². The second-order valence-corrected chi connectivity index (χ2v) is 9.93. The highest BCUT2D eigenvalue weighted by Crippen LogP contribution is 2.36. The van der Waals surface area contributed by atoms with Crippen molar-refractivity contribution in [3.8, 4) is 0 Å². The number of carbonyl (C=O) groups is 3. The zero-order valence-corrected chi connectivity index (χ0v) is 23.0. The summed E-state index contributed by atoms with van der Waals surface area (Å²) < 4.78 is 26.9. The average Bonchev–Trinajstić information content (AvgIpc) is 3.33. The van der Waals surface area contributed by atoms with Gasteiger partial charge in [-0.05, 0) is 25.5 Å². The van der Waals surface area contributed by atoms with E-state index in [-0.39, 0.29) is 42.1 Å².